The Morgan fingerprint density at radius 2 is 2.17 bits per heavy atom. The lowest BCUT2D eigenvalue weighted by Gasteiger charge is -2.09. The molecule has 0 saturated heterocycles. The van der Waals surface area contributed by atoms with E-state index < -0.39 is 11.7 Å². The van der Waals surface area contributed by atoms with Gasteiger partial charge in [0, 0.05) is 23.4 Å². The number of hydrogen-bond donors (Lipinski definition) is 1. The van der Waals surface area contributed by atoms with Gasteiger partial charge in [-0.3, -0.25) is 0 Å². The van der Waals surface area contributed by atoms with Crippen LogP contribution in [0.5, 0.6) is 5.75 Å². The van der Waals surface area contributed by atoms with Crippen LogP contribution in [0.1, 0.15) is 18.1 Å². The van der Waals surface area contributed by atoms with Gasteiger partial charge < -0.3 is 14.3 Å². The molecule has 1 atom stereocenters. The molecule has 0 aliphatic heterocycles. The topological polar surface area (TPSA) is 59.7 Å². The smallest absolute Gasteiger partial charge is 0.339 e. The molecule has 1 aromatic heterocycles. The van der Waals surface area contributed by atoms with E-state index in [0.717, 1.165) is 10.9 Å². The van der Waals surface area contributed by atoms with Crippen LogP contribution in [0.2, 0.25) is 0 Å². The Bertz CT molecular complexity index is 625. The predicted molar refractivity (Wildman–Crippen MR) is 69.2 cm³/mol. The van der Waals surface area contributed by atoms with Crippen molar-refractivity contribution in [1.29, 1.82) is 0 Å². The SMILES string of the molecule is COc1ccc2c(C)c(C[C@H](C)O)c(=O)oc2c1. The molecule has 0 saturated carbocycles. The molecule has 0 aliphatic carbocycles. The molecule has 0 amide bonds. The number of benzene rings is 1. The van der Waals surface area contributed by atoms with Crippen LogP contribution in [0.15, 0.2) is 27.4 Å². The van der Waals surface area contributed by atoms with Gasteiger partial charge in [-0.15, -0.1) is 0 Å². The van der Waals surface area contributed by atoms with Crippen LogP contribution in [-0.4, -0.2) is 18.3 Å². The molecule has 4 nitrogen and oxygen atoms in total. The van der Waals surface area contributed by atoms with Crippen molar-refractivity contribution in [2.45, 2.75) is 26.4 Å². The van der Waals surface area contributed by atoms with E-state index in [2.05, 4.69) is 0 Å². The standard InChI is InChI=1S/C14H16O4/c1-8(15)6-12-9(2)11-5-4-10(17-3)7-13(11)18-14(12)16/h4-5,7-8,15H,6H2,1-3H3/t8-/m0/s1. The molecular formula is C14H16O4. The average molecular weight is 248 g/mol. The number of aliphatic hydroxyl groups excluding tert-OH is 1. The van der Waals surface area contributed by atoms with Gasteiger partial charge in [-0.1, -0.05) is 0 Å². The summed E-state index contributed by atoms with van der Waals surface area (Å²) in [4.78, 5) is 11.9. The molecule has 1 heterocycles. The van der Waals surface area contributed by atoms with Crippen molar-refractivity contribution in [3.05, 3.63) is 39.7 Å². The third-order valence-corrected chi connectivity index (χ3v) is 2.99. The van der Waals surface area contributed by atoms with E-state index in [4.69, 9.17) is 9.15 Å². The third kappa shape index (κ3) is 2.24. The monoisotopic (exact) mass is 248 g/mol. The largest absolute Gasteiger partial charge is 0.497 e. The second kappa shape index (κ2) is 4.82. The maximum absolute atomic E-state index is 11.9. The first-order valence-corrected chi connectivity index (χ1v) is 5.81. The van der Waals surface area contributed by atoms with Gasteiger partial charge in [-0.05, 0) is 31.5 Å². The normalized spacial score (nSPS) is 12.7. The fraction of sp³-hybridized carbons (Fsp3) is 0.357. The minimum absolute atomic E-state index is 0.302. The Balaban J connectivity index is 2.67. The minimum atomic E-state index is -0.567. The zero-order valence-electron chi connectivity index (χ0n) is 10.7. The molecule has 0 bridgehead atoms. The lowest BCUT2D eigenvalue weighted by atomic mass is 10.0. The second-order valence-corrected chi connectivity index (χ2v) is 4.41. The molecule has 2 aromatic rings. The zero-order chi connectivity index (χ0) is 13.3. The lowest BCUT2D eigenvalue weighted by Crippen LogP contribution is -2.16. The maximum atomic E-state index is 11.9. The molecule has 1 aromatic carbocycles. The minimum Gasteiger partial charge on any atom is -0.497 e. The molecule has 96 valence electrons. The first-order valence-electron chi connectivity index (χ1n) is 5.81. The van der Waals surface area contributed by atoms with Gasteiger partial charge in [-0.2, -0.15) is 0 Å². The van der Waals surface area contributed by atoms with E-state index >= 15 is 0 Å². The van der Waals surface area contributed by atoms with Gasteiger partial charge in [0.05, 0.1) is 13.2 Å². The highest BCUT2D eigenvalue weighted by Crippen LogP contribution is 2.24. The first kappa shape index (κ1) is 12.6. The van der Waals surface area contributed by atoms with Crippen LogP contribution in [0.4, 0.5) is 0 Å². The number of methoxy groups -OCH3 is 1. The van der Waals surface area contributed by atoms with Gasteiger partial charge in [0.25, 0.3) is 0 Å². The molecule has 1 N–H and O–H groups in total. The number of fused-ring (bicyclic) bond motifs is 1. The van der Waals surface area contributed by atoms with Gasteiger partial charge in [0.2, 0.25) is 0 Å². The van der Waals surface area contributed by atoms with E-state index in [1.54, 1.807) is 20.1 Å². The van der Waals surface area contributed by atoms with Crippen molar-refractivity contribution in [3.8, 4) is 5.75 Å². The van der Waals surface area contributed by atoms with Crippen molar-refractivity contribution >= 4 is 11.0 Å². The molecule has 2 rings (SSSR count). The van der Waals surface area contributed by atoms with Crippen LogP contribution in [0.25, 0.3) is 11.0 Å². The summed E-state index contributed by atoms with van der Waals surface area (Å²) in [7, 11) is 1.56. The van der Waals surface area contributed by atoms with E-state index in [-0.39, 0.29) is 0 Å². The highest BCUT2D eigenvalue weighted by Gasteiger charge is 2.13. The molecule has 0 radical (unpaired) electrons. The molecule has 0 unspecified atom stereocenters. The van der Waals surface area contributed by atoms with Crippen LogP contribution >= 0.6 is 0 Å². The number of hydrogen-bond acceptors (Lipinski definition) is 4. The van der Waals surface area contributed by atoms with E-state index in [1.165, 1.54) is 0 Å². The summed E-state index contributed by atoms with van der Waals surface area (Å²) >= 11 is 0. The summed E-state index contributed by atoms with van der Waals surface area (Å²) in [6.45, 7) is 3.51. The molecule has 0 fully saturated rings. The summed E-state index contributed by atoms with van der Waals surface area (Å²) in [6.07, 6.45) is -0.266. The van der Waals surface area contributed by atoms with Crippen molar-refractivity contribution in [2.24, 2.45) is 0 Å². The first-order chi connectivity index (χ1) is 8.52. The van der Waals surface area contributed by atoms with Gasteiger partial charge in [-0.25, -0.2) is 4.79 Å². The Labute approximate surface area is 105 Å². The van der Waals surface area contributed by atoms with Crippen molar-refractivity contribution < 1.29 is 14.3 Å². The fourth-order valence-electron chi connectivity index (χ4n) is 2.03. The zero-order valence-corrected chi connectivity index (χ0v) is 10.7. The maximum Gasteiger partial charge on any atom is 0.339 e. The van der Waals surface area contributed by atoms with Crippen LogP contribution < -0.4 is 10.4 Å². The molecule has 4 heteroatoms. The Hall–Kier alpha value is -1.81. The van der Waals surface area contributed by atoms with Crippen LogP contribution in [0.3, 0.4) is 0 Å². The van der Waals surface area contributed by atoms with Crippen LogP contribution in [0, 0.1) is 6.92 Å². The van der Waals surface area contributed by atoms with Gasteiger partial charge in [0.15, 0.2) is 0 Å². The number of aryl methyl sites for hydroxylation is 1. The average Bonchev–Trinajstić information content (AvgIpc) is 2.33. The van der Waals surface area contributed by atoms with Crippen molar-refractivity contribution in [1.82, 2.24) is 0 Å². The molecular weight excluding hydrogens is 232 g/mol. The molecule has 0 aliphatic rings. The third-order valence-electron chi connectivity index (χ3n) is 2.99. The van der Waals surface area contributed by atoms with Gasteiger partial charge >= 0.3 is 5.63 Å². The van der Waals surface area contributed by atoms with E-state index in [9.17, 15) is 9.90 Å². The summed E-state index contributed by atoms with van der Waals surface area (Å²) in [5.41, 5.74) is 1.49. The predicted octanol–water partition coefficient (Wildman–Crippen LogP) is 2.03. The Morgan fingerprint density at radius 1 is 1.44 bits per heavy atom. The van der Waals surface area contributed by atoms with E-state index in [0.29, 0.717) is 23.3 Å². The number of aliphatic hydroxyl groups is 1. The number of ether oxygens (including phenoxy) is 1. The quantitative estimate of drug-likeness (QED) is 0.844. The fourth-order valence-corrected chi connectivity index (χ4v) is 2.03. The van der Waals surface area contributed by atoms with Crippen molar-refractivity contribution in [3.63, 3.8) is 0 Å². The lowest BCUT2D eigenvalue weighted by molar-refractivity contribution is 0.194. The Morgan fingerprint density at radius 3 is 2.78 bits per heavy atom. The van der Waals surface area contributed by atoms with Gasteiger partial charge in [0.1, 0.15) is 11.3 Å². The summed E-state index contributed by atoms with van der Waals surface area (Å²) in [6, 6.07) is 5.37. The molecule has 18 heavy (non-hydrogen) atoms. The second-order valence-electron chi connectivity index (χ2n) is 4.41. The van der Waals surface area contributed by atoms with Crippen LogP contribution in [-0.2, 0) is 6.42 Å². The highest BCUT2D eigenvalue weighted by atomic mass is 16.5. The van der Waals surface area contributed by atoms with Crippen molar-refractivity contribution in [2.75, 3.05) is 7.11 Å². The number of rotatable bonds is 3. The molecule has 0 spiro atoms. The Kier molecular flexibility index (Phi) is 3.39. The summed E-state index contributed by atoms with van der Waals surface area (Å²) in [5.74, 6) is 0.647. The summed E-state index contributed by atoms with van der Waals surface area (Å²) in [5, 5.41) is 10.3. The summed E-state index contributed by atoms with van der Waals surface area (Å²) < 4.78 is 10.4. The highest BCUT2D eigenvalue weighted by molar-refractivity contribution is 5.82. The van der Waals surface area contributed by atoms with E-state index in [1.807, 2.05) is 19.1 Å².